The smallest absolute Gasteiger partial charge is 0.282 e. The highest BCUT2D eigenvalue weighted by Gasteiger charge is 2.08. The summed E-state index contributed by atoms with van der Waals surface area (Å²) in [7, 11) is 1.68. The number of benzene rings is 1. The van der Waals surface area contributed by atoms with Gasteiger partial charge >= 0.3 is 0 Å². The van der Waals surface area contributed by atoms with Gasteiger partial charge in [0.15, 0.2) is 0 Å². The van der Waals surface area contributed by atoms with Crippen LogP contribution in [-0.2, 0) is 0 Å². The first-order valence-electron chi connectivity index (χ1n) is 3.34. The van der Waals surface area contributed by atoms with E-state index in [1.165, 1.54) is 4.90 Å². The average Bonchev–Trinajstić information content (AvgIpc) is 2.04. The Kier molecular flexibility index (Phi) is 3.17. The molecule has 0 aliphatic heterocycles. The monoisotopic (exact) mass is 245 g/mol. The summed E-state index contributed by atoms with van der Waals surface area (Å²) in [6.07, 6.45) is 0. The molecule has 1 aromatic rings. The highest BCUT2D eigenvalue weighted by atomic mass is 79.9. The van der Waals surface area contributed by atoms with Crippen molar-refractivity contribution in [1.82, 2.24) is 0 Å². The van der Waals surface area contributed by atoms with Crippen molar-refractivity contribution in [2.45, 2.75) is 0 Å². The van der Waals surface area contributed by atoms with Crippen LogP contribution in [0, 0.1) is 0 Å². The molecule has 12 heavy (non-hydrogen) atoms. The normalized spacial score (nSPS) is 9.58. The van der Waals surface area contributed by atoms with Crippen molar-refractivity contribution in [3.63, 3.8) is 0 Å². The summed E-state index contributed by atoms with van der Waals surface area (Å²) in [5.74, 6) is 0. The van der Waals surface area contributed by atoms with E-state index in [0.29, 0.717) is 0 Å². The summed E-state index contributed by atoms with van der Waals surface area (Å²) >= 11 is 7.06. The predicted octanol–water partition coefficient (Wildman–Crippen LogP) is 2.94. The zero-order valence-corrected chi connectivity index (χ0v) is 8.97. The third-order valence-corrected chi connectivity index (χ3v) is 2.47. The van der Waals surface area contributed by atoms with Crippen LogP contribution in [0.1, 0.15) is 0 Å². The van der Waals surface area contributed by atoms with Crippen LogP contribution >= 0.6 is 28.6 Å². The van der Waals surface area contributed by atoms with Crippen LogP contribution in [0.25, 0.3) is 0 Å². The van der Waals surface area contributed by atoms with E-state index in [-0.39, 0.29) is 5.24 Å². The van der Waals surface area contributed by atoms with Crippen LogP contribution in [0.4, 0.5) is 10.5 Å². The number of hydrogen-bond donors (Lipinski definition) is 1. The predicted molar refractivity (Wildman–Crippen MR) is 56.9 cm³/mol. The Morgan fingerprint density at radius 2 is 2.08 bits per heavy atom. The number of carbonyl (C=O) groups excluding carboxylic acids is 1. The van der Waals surface area contributed by atoms with Gasteiger partial charge in [-0.05, 0) is 28.1 Å². The fourth-order valence-electron chi connectivity index (χ4n) is 0.827. The topological polar surface area (TPSA) is 20.3 Å². The van der Waals surface area contributed by atoms with E-state index in [1.807, 2.05) is 24.3 Å². The summed E-state index contributed by atoms with van der Waals surface area (Å²) in [5.41, 5.74) is 0.817. The van der Waals surface area contributed by atoms with Crippen LogP contribution in [0.5, 0.6) is 0 Å². The zero-order chi connectivity index (χ0) is 9.14. The Morgan fingerprint density at radius 3 is 2.58 bits per heavy atom. The van der Waals surface area contributed by atoms with Gasteiger partial charge in [-0.2, -0.15) is 0 Å². The van der Waals surface area contributed by atoms with E-state index in [1.54, 1.807) is 7.05 Å². The van der Waals surface area contributed by atoms with Gasteiger partial charge in [0.1, 0.15) is 0 Å². The number of carbonyl (C=O) groups is 1. The maximum absolute atomic E-state index is 10.9. The molecule has 0 radical (unpaired) electrons. The number of hydrogen-bond acceptors (Lipinski definition) is 1. The lowest BCUT2D eigenvalue weighted by Gasteiger charge is -2.15. The van der Waals surface area contributed by atoms with Gasteiger partial charge < -0.3 is 4.90 Å². The first-order valence-corrected chi connectivity index (χ1v) is 4.58. The van der Waals surface area contributed by atoms with Crippen molar-refractivity contribution >= 4 is 39.5 Å². The Balaban J connectivity index is 3.02. The molecular formula is C8H8BrNOS. The van der Waals surface area contributed by atoms with Crippen LogP contribution in [-0.4, -0.2) is 12.3 Å². The molecule has 0 spiro atoms. The van der Waals surface area contributed by atoms with E-state index >= 15 is 0 Å². The standard InChI is InChI=1S/C8H8BrNOS/c1-10(8(11)12)7-5-3-2-4-6(7)9/h2-5H,1H3,(H,11,12). The van der Waals surface area contributed by atoms with E-state index in [9.17, 15) is 4.79 Å². The minimum atomic E-state index is -0.276. The second-order valence-corrected chi connectivity index (χ2v) is 3.53. The second kappa shape index (κ2) is 3.96. The Bertz CT molecular complexity index is 303. The van der Waals surface area contributed by atoms with E-state index in [4.69, 9.17) is 0 Å². The number of anilines is 1. The van der Waals surface area contributed by atoms with E-state index in [2.05, 4.69) is 28.6 Å². The second-order valence-electron chi connectivity index (χ2n) is 2.29. The molecule has 64 valence electrons. The molecule has 4 heteroatoms. The summed E-state index contributed by atoms with van der Waals surface area (Å²) in [4.78, 5) is 12.3. The maximum atomic E-state index is 10.9. The number of halogens is 1. The van der Waals surface area contributed by atoms with Gasteiger partial charge in [0, 0.05) is 11.5 Å². The molecule has 0 heterocycles. The van der Waals surface area contributed by atoms with Crippen molar-refractivity contribution in [2.75, 3.05) is 11.9 Å². The summed E-state index contributed by atoms with van der Waals surface area (Å²) < 4.78 is 0.884. The van der Waals surface area contributed by atoms with Crippen molar-refractivity contribution in [1.29, 1.82) is 0 Å². The summed E-state index contributed by atoms with van der Waals surface area (Å²) in [6, 6.07) is 7.48. The van der Waals surface area contributed by atoms with Crippen molar-refractivity contribution in [3.8, 4) is 0 Å². The summed E-state index contributed by atoms with van der Waals surface area (Å²) in [6.45, 7) is 0. The molecule has 0 fully saturated rings. The largest absolute Gasteiger partial charge is 0.305 e. The molecule has 0 unspecified atom stereocenters. The molecule has 1 amide bonds. The van der Waals surface area contributed by atoms with Gasteiger partial charge in [-0.1, -0.05) is 24.8 Å². The number of amides is 1. The van der Waals surface area contributed by atoms with E-state index < -0.39 is 0 Å². The Hall–Kier alpha value is -0.480. The third kappa shape index (κ3) is 2.01. The van der Waals surface area contributed by atoms with Crippen molar-refractivity contribution < 1.29 is 4.79 Å². The quantitative estimate of drug-likeness (QED) is 0.755. The minimum Gasteiger partial charge on any atom is -0.305 e. The van der Waals surface area contributed by atoms with E-state index in [0.717, 1.165) is 10.2 Å². The van der Waals surface area contributed by atoms with Gasteiger partial charge in [-0.3, -0.25) is 4.79 Å². The zero-order valence-electron chi connectivity index (χ0n) is 6.49. The molecule has 1 rings (SSSR count). The number of rotatable bonds is 1. The fourth-order valence-corrected chi connectivity index (χ4v) is 1.49. The highest BCUT2D eigenvalue weighted by Crippen LogP contribution is 2.25. The van der Waals surface area contributed by atoms with Crippen LogP contribution in [0.2, 0.25) is 0 Å². The molecule has 0 aliphatic carbocycles. The average molecular weight is 246 g/mol. The first kappa shape index (κ1) is 9.61. The maximum Gasteiger partial charge on any atom is 0.282 e. The van der Waals surface area contributed by atoms with Crippen LogP contribution in [0.3, 0.4) is 0 Å². The lowest BCUT2D eigenvalue weighted by molar-refractivity contribution is 0.266. The highest BCUT2D eigenvalue weighted by molar-refractivity contribution is 9.10. The first-order chi connectivity index (χ1) is 5.63. The molecule has 0 atom stereocenters. The van der Waals surface area contributed by atoms with Crippen LogP contribution in [0.15, 0.2) is 28.7 Å². The Morgan fingerprint density at radius 1 is 1.50 bits per heavy atom. The summed E-state index contributed by atoms with van der Waals surface area (Å²) in [5, 5.41) is -0.276. The molecule has 0 bridgehead atoms. The van der Waals surface area contributed by atoms with Gasteiger partial charge in [0.05, 0.1) is 5.69 Å². The third-order valence-electron chi connectivity index (χ3n) is 1.50. The Labute approximate surface area is 85.1 Å². The molecule has 1 aromatic carbocycles. The molecule has 0 aliphatic rings. The molecule has 0 N–H and O–H groups in total. The van der Waals surface area contributed by atoms with Gasteiger partial charge in [0.25, 0.3) is 5.24 Å². The molecule has 2 nitrogen and oxygen atoms in total. The number of nitrogens with zero attached hydrogens (tertiary/aromatic N) is 1. The molecular weight excluding hydrogens is 238 g/mol. The number of para-hydroxylation sites is 1. The van der Waals surface area contributed by atoms with Crippen LogP contribution < -0.4 is 4.90 Å². The molecule has 0 saturated carbocycles. The van der Waals surface area contributed by atoms with Gasteiger partial charge in [-0.25, -0.2) is 0 Å². The van der Waals surface area contributed by atoms with Gasteiger partial charge in [0.2, 0.25) is 0 Å². The fraction of sp³-hybridized carbons (Fsp3) is 0.125. The van der Waals surface area contributed by atoms with Gasteiger partial charge in [-0.15, -0.1) is 0 Å². The molecule has 0 aromatic heterocycles. The minimum absolute atomic E-state index is 0.276. The lowest BCUT2D eigenvalue weighted by Crippen LogP contribution is -2.19. The van der Waals surface area contributed by atoms with Crippen molar-refractivity contribution in [2.24, 2.45) is 0 Å². The molecule has 0 saturated heterocycles. The lowest BCUT2D eigenvalue weighted by atomic mass is 10.3. The SMILES string of the molecule is CN(C(=O)S)c1ccccc1Br. The van der Waals surface area contributed by atoms with Crippen molar-refractivity contribution in [3.05, 3.63) is 28.7 Å². The number of thiol groups is 1.